The van der Waals surface area contributed by atoms with Gasteiger partial charge in [0.15, 0.2) is 11.6 Å². The van der Waals surface area contributed by atoms with Gasteiger partial charge in [-0.25, -0.2) is 0 Å². The van der Waals surface area contributed by atoms with Crippen LogP contribution in [-0.2, 0) is 28.8 Å². The lowest BCUT2D eigenvalue weighted by atomic mass is 10.1. The Bertz CT molecular complexity index is 1440. The second-order valence-corrected chi connectivity index (χ2v) is 15.0. The van der Waals surface area contributed by atoms with Gasteiger partial charge in [0.25, 0.3) is 0 Å². The molecule has 1 aliphatic heterocycles. The summed E-state index contributed by atoms with van der Waals surface area (Å²) in [6.45, 7) is 3.76. The first-order chi connectivity index (χ1) is 26.8. The van der Waals surface area contributed by atoms with E-state index < -0.39 is 6.64 Å². The normalized spacial score (nSPS) is 15.4. The highest BCUT2D eigenvalue weighted by Crippen LogP contribution is 2.24. The van der Waals surface area contributed by atoms with E-state index in [0.717, 1.165) is 61.2 Å². The summed E-state index contributed by atoms with van der Waals surface area (Å²) in [6.07, 6.45) is 6.96. The van der Waals surface area contributed by atoms with E-state index in [2.05, 4.69) is 25.6 Å². The van der Waals surface area contributed by atoms with Crippen LogP contribution in [0.4, 0.5) is 0 Å². The topological polar surface area (TPSA) is 202 Å². The van der Waals surface area contributed by atoms with E-state index >= 15 is 0 Å². The first-order valence-corrected chi connectivity index (χ1v) is 20.9. The van der Waals surface area contributed by atoms with Crippen molar-refractivity contribution >= 4 is 87.6 Å². The molecule has 1 aromatic rings. The van der Waals surface area contributed by atoms with Gasteiger partial charge in [-0.3, -0.25) is 48.6 Å². The van der Waals surface area contributed by atoms with E-state index in [1.54, 1.807) is 35.7 Å². The molecule has 1 aromatic carbocycles. The van der Waals surface area contributed by atoms with E-state index in [4.69, 9.17) is 14.6 Å². The SMILES string of the molecule is [2H]C(N)N=C(C)c1ccc(OCCCC(=O)NC)cc1.[2H]C=NCC(=O)CCCCCN1C(=O)CC(SC)C1=O.[2H]C=NCC(=O)CCSSCCC(=O)NC. The van der Waals surface area contributed by atoms with Gasteiger partial charge in [-0.2, -0.15) is 11.8 Å². The number of Topliss-reactive ketones (excluding diaryl/α,β-unsaturated/α-hetero) is 2. The minimum atomic E-state index is -0.948. The summed E-state index contributed by atoms with van der Waals surface area (Å²) in [6, 6.07) is 7.41. The van der Waals surface area contributed by atoms with E-state index in [-0.39, 0.29) is 53.5 Å². The standard InChI is InChI=1S/C14H21N3O2.C13H20N2O3S.C9H16N2O2S2/c1-11(17-10-15)12-5-7-13(8-6-12)19-9-3-4-14(18)16-2;1-14-9-10(16)6-4-3-5-7-15-12(17)8-11(19-2)13(15)18;1-10-7-8(12)3-5-14-15-6-4-9(13)11-2/h5-8H,3-4,9-10,15H2,1-2H3,(H,16,18);11H,1,3-9H2,2H3;1,3-7H2,2H3,(H,11,13)/i10D;2*1D. The molecule has 1 fully saturated rings. The fraction of sp³-hybridized carbons (Fsp3) is 0.583. The van der Waals surface area contributed by atoms with E-state index in [0.29, 0.717) is 51.7 Å². The number of hydrogen-bond donors (Lipinski definition) is 3. The predicted molar refractivity (Wildman–Crippen MR) is 221 cm³/mol. The molecule has 4 amide bonds. The van der Waals surface area contributed by atoms with Crippen LogP contribution in [0.3, 0.4) is 0 Å². The highest BCUT2D eigenvalue weighted by Gasteiger charge is 2.37. The van der Waals surface area contributed by atoms with E-state index in [1.807, 2.05) is 37.4 Å². The van der Waals surface area contributed by atoms with Crippen molar-refractivity contribution in [2.75, 3.05) is 64.7 Å². The molecule has 0 saturated carbocycles. The maximum absolute atomic E-state index is 11.8. The van der Waals surface area contributed by atoms with Crippen LogP contribution >= 0.6 is 33.3 Å². The molecular formula is C36H57N7O7S3. The Morgan fingerprint density at radius 3 is 2.09 bits per heavy atom. The van der Waals surface area contributed by atoms with Crippen molar-refractivity contribution in [3.63, 3.8) is 0 Å². The number of ketones is 2. The van der Waals surface area contributed by atoms with Crippen molar-refractivity contribution in [3.8, 4) is 5.75 Å². The number of carbonyl (C=O) groups excluding carboxylic acids is 6. The molecule has 4 N–H and O–H groups in total. The van der Waals surface area contributed by atoms with Gasteiger partial charge in [0.05, 0.1) is 35.7 Å². The zero-order valence-electron chi connectivity index (χ0n) is 34.2. The van der Waals surface area contributed by atoms with Crippen LogP contribution in [0.1, 0.15) is 74.4 Å². The molecule has 0 bridgehead atoms. The monoisotopic (exact) mass is 798 g/mol. The number of imide groups is 1. The van der Waals surface area contributed by atoms with E-state index in [9.17, 15) is 28.8 Å². The quantitative estimate of drug-likeness (QED) is 0.0563. The number of ether oxygens (including phenoxy) is 1. The molecule has 1 heterocycles. The van der Waals surface area contributed by atoms with Crippen molar-refractivity contribution in [2.45, 2.75) is 70.0 Å². The third-order valence-electron chi connectivity index (χ3n) is 7.23. The summed E-state index contributed by atoms with van der Waals surface area (Å²) in [5.41, 5.74) is 6.93. The van der Waals surface area contributed by atoms with Crippen molar-refractivity contribution in [1.82, 2.24) is 15.5 Å². The summed E-state index contributed by atoms with van der Waals surface area (Å²) in [5, 5.41) is 4.90. The van der Waals surface area contributed by atoms with E-state index in [1.165, 1.54) is 16.7 Å². The van der Waals surface area contributed by atoms with Gasteiger partial charge in [0.1, 0.15) is 5.75 Å². The lowest BCUT2D eigenvalue weighted by Crippen LogP contribution is -2.32. The number of benzene rings is 1. The molecule has 296 valence electrons. The van der Waals surface area contributed by atoms with Crippen molar-refractivity contribution in [1.29, 1.82) is 0 Å². The number of thioether (sulfide) groups is 1. The first-order valence-electron chi connectivity index (χ1n) is 18.8. The highest BCUT2D eigenvalue weighted by molar-refractivity contribution is 8.76. The number of nitrogens with one attached hydrogen (secondary N) is 2. The molecule has 53 heavy (non-hydrogen) atoms. The van der Waals surface area contributed by atoms with Crippen molar-refractivity contribution < 1.29 is 37.6 Å². The zero-order chi connectivity index (χ0) is 42.1. The van der Waals surface area contributed by atoms with Crippen molar-refractivity contribution in [2.24, 2.45) is 20.7 Å². The van der Waals surface area contributed by atoms with Gasteiger partial charge in [-0.15, -0.1) is 0 Å². The zero-order valence-corrected chi connectivity index (χ0v) is 33.6. The second-order valence-electron chi connectivity index (χ2n) is 11.2. The third-order valence-corrected chi connectivity index (χ3v) is 10.6. The summed E-state index contributed by atoms with van der Waals surface area (Å²) in [4.78, 5) is 80.2. The number of unbranched alkanes of at least 4 members (excludes halogenated alkanes) is 2. The largest absolute Gasteiger partial charge is 0.494 e. The number of likely N-dealkylation sites (tertiary alicyclic amines) is 1. The Labute approximate surface area is 330 Å². The minimum Gasteiger partial charge on any atom is -0.494 e. The fourth-order valence-electron chi connectivity index (χ4n) is 4.26. The molecule has 0 spiro atoms. The molecule has 2 rings (SSSR count). The van der Waals surface area contributed by atoms with Crippen LogP contribution in [0.5, 0.6) is 5.75 Å². The number of nitrogens with two attached hydrogens (primary N) is 1. The number of aliphatic imine (C=N–C) groups is 3. The van der Waals surface area contributed by atoms with Crippen LogP contribution in [0.2, 0.25) is 0 Å². The second kappa shape index (κ2) is 31.9. The smallest absolute Gasteiger partial charge is 0.242 e. The lowest BCUT2D eigenvalue weighted by Gasteiger charge is -2.14. The van der Waals surface area contributed by atoms with Crippen molar-refractivity contribution in [3.05, 3.63) is 29.8 Å². The summed E-state index contributed by atoms with van der Waals surface area (Å²) in [5.74, 6) is 2.17. The molecule has 14 nitrogen and oxygen atoms in total. The molecule has 2 atom stereocenters. The molecule has 0 aromatic heterocycles. The molecular weight excluding hydrogens is 739 g/mol. The number of nitrogens with zero attached hydrogens (tertiary/aromatic N) is 4. The number of carbonyl (C=O) groups is 6. The van der Waals surface area contributed by atoms with Gasteiger partial charge in [0.2, 0.25) is 23.6 Å². The maximum Gasteiger partial charge on any atom is 0.242 e. The highest BCUT2D eigenvalue weighted by atomic mass is 33.1. The maximum atomic E-state index is 11.8. The Morgan fingerprint density at radius 2 is 1.53 bits per heavy atom. The summed E-state index contributed by atoms with van der Waals surface area (Å²) in [7, 11) is 6.41. The summed E-state index contributed by atoms with van der Waals surface area (Å²) >= 11 is 1.42. The average molecular weight is 799 g/mol. The molecule has 0 radical (unpaired) electrons. The van der Waals surface area contributed by atoms with Crippen LogP contribution in [0.25, 0.3) is 0 Å². The summed E-state index contributed by atoms with van der Waals surface area (Å²) < 4.78 is 26.1. The van der Waals surface area contributed by atoms with Gasteiger partial charge < -0.3 is 21.1 Å². The Balaban J connectivity index is 0.000000817. The minimum absolute atomic E-state index is 0.0162. The van der Waals surface area contributed by atoms with Crippen LogP contribution in [0.15, 0.2) is 39.2 Å². The molecule has 1 saturated heterocycles. The Kier molecular flexibility index (Phi) is 26.4. The third kappa shape index (κ3) is 24.4. The first kappa shape index (κ1) is 43.9. The van der Waals surface area contributed by atoms with Gasteiger partial charge >= 0.3 is 0 Å². The Hall–Kier alpha value is -3.54. The molecule has 17 heteroatoms. The fourth-order valence-corrected chi connectivity index (χ4v) is 6.92. The van der Waals surface area contributed by atoms with Crippen LogP contribution in [0, 0.1) is 0 Å². The molecule has 1 aliphatic rings. The molecule has 0 aliphatic carbocycles. The van der Waals surface area contributed by atoms with Crippen LogP contribution < -0.4 is 21.1 Å². The van der Waals surface area contributed by atoms with Gasteiger partial charge in [-0.05, 0) is 75.7 Å². The van der Waals surface area contributed by atoms with Gasteiger partial charge in [-0.1, -0.05) is 28.0 Å². The van der Waals surface area contributed by atoms with Gasteiger partial charge in [0, 0.05) is 70.0 Å². The number of amides is 4. The predicted octanol–water partition coefficient (Wildman–Crippen LogP) is 3.79. The average Bonchev–Trinajstić information content (AvgIpc) is 3.47. The Morgan fingerprint density at radius 1 is 0.925 bits per heavy atom. The number of hydrogen-bond acceptors (Lipinski definition) is 14. The molecule has 2 unspecified atom stereocenters. The lowest BCUT2D eigenvalue weighted by molar-refractivity contribution is -0.138. The van der Waals surface area contributed by atoms with Crippen LogP contribution in [-0.4, -0.2) is 129 Å². The number of rotatable bonds is 25.